The molecule has 0 amide bonds. The Kier molecular flexibility index (Phi) is 4.22. The third-order valence-electron chi connectivity index (χ3n) is 3.23. The number of aryl methyl sites for hydroxylation is 1. The summed E-state index contributed by atoms with van der Waals surface area (Å²) in [7, 11) is 0. The average molecular weight is 203 g/mol. The molecule has 0 N–H and O–H groups in total. The molecule has 0 saturated carbocycles. The molecule has 1 fully saturated rings. The van der Waals surface area contributed by atoms with Gasteiger partial charge in [-0.05, 0) is 57.3 Å². The van der Waals surface area contributed by atoms with E-state index in [4.69, 9.17) is 0 Å². The summed E-state index contributed by atoms with van der Waals surface area (Å²) in [5.41, 5.74) is 1.49. The topological polar surface area (TPSA) is 3.24 Å². The predicted octanol–water partition coefficient (Wildman–Crippen LogP) is 3.11. The van der Waals surface area contributed by atoms with Gasteiger partial charge in [0.1, 0.15) is 0 Å². The van der Waals surface area contributed by atoms with Gasteiger partial charge in [-0.25, -0.2) is 0 Å². The van der Waals surface area contributed by atoms with Crippen LogP contribution < -0.4 is 0 Å². The van der Waals surface area contributed by atoms with Crippen molar-refractivity contribution in [2.24, 2.45) is 0 Å². The van der Waals surface area contributed by atoms with Gasteiger partial charge in [0, 0.05) is 0 Å². The molecule has 0 aliphatic carbocycles. The predicted molar refractivity (Wildman–Crippen MR) is 65.1 cm³/mol. The average Bonchev–Trinajstić information content (AvgIpc) is 2.79. The van der Waals surface area contributed by atoms with E-state index in [9.17, 15) is 0 Å². The molecule has 0 bridgehead atoms. The maximum Gasteiger partial charge on any atom is -0.00183 e. The van der Waals surface area contributed by atoms with Gasteiger partial charge in [-0.2, -0.15) is 0 Å². The molecule has 15 heavy (non-hydrogen) atoms. The van der Waals surface area contributed by atoms with Crippen LogP contribution in [0.2, 0.25) is 0 Å². The molecule has 0 spiro atoms. The minimum Gasteiger partial charge on any atom is -0.303 e. The van der Waals surface area contributed by atoms with Crippen molar-refractivity contribution in [2.75, 3.05) is 19.6 Å². The first-order valence-electron chi connectivity index (χ1n) is 6.21. The maximum absolute atomic E-state index is 2.60. The second-order valence-corrected chi connectivity index (χ2v) is 4.49. The van der Waals surface area contributed by atoms with Crippen LogP contribution in [0.5, 0.6) is 0 Å². The molecule has 1 saturated heterocycles. The minimum atomic E-state index is 1.24. The highest BCUT2D eigenvalue weighted by molar-refractivity contribution is 5.14. The lowest BCUT2D eigenvalue weighted by Crippen LogP contribution is -2.20. The van der Waals surface area contributed by atoms with Crippen LogP contribution in [-0.2, 0) is 6.42 Å². The lowest BCUT2D eigenvalue weighted by molar-refractivity contribution is 0.330. The van der Waals surface area contributed by atoms with E-state index in [0.29, 0.717) is 0 Å². The zero-order chi connectivity index (χ0) is 10.3. The summed E-state index contributed by atoms with van der Waals surface area (Å²) in [4.78, 5) is 2.60. The highest BCUT2D eigenvalue weighted by Gasteiger charge is 2.09. The molecule has 2 rings (SSSR count). The molecule has 0 atom stereocenters. The van der Waals surface area contributed by atoms with Crippen LogP contribution in [0.1, 0.15) is 31.2 Å². The van der Waals surface area contributed by atoms with Crippen LogP contribution in [-0.4, -0.2) is 24.5 Å². The zero-order valence-corrected chi connectivity index (χ0v) is 9.49. The van der Waals surface area contributed by atoms with Crippen molar-refractivity contribution < 1.29 is 0 Å². The Labute approximate surface area is 93.1 Å². The highest BCUT2D eigenvalue weighted by Crippen LogP contribution is 2.10. The fourth-order valence-electron chi connectivity index (χ4n) is 2.32. The Morgan fingerprint density at radius 2 is 1.67 bits per heavy atom. The normalized spacial score (nSPS) is 17.1. The molecule has 1 aromatic carbocycles. The number of nitrogens with zero attached hydrogens (tertiary/aromatic N) is 1. The van der Waals surface area contributed by atoms with Crippen molar-refractivity contribution >= 4 is 0 Å². The standard InChI is InChI=1S/C14H21N/c1-2-8-14(9-3-1)10-4-5-11-15-12-6-7-13-15/h1-3,8-9H,4-7,10-13H2. The lowest BCUT2D eigenvalue weighted by atomic mass is 10.1. The number of unbranched alkanes of at least 4 members (excludes halogenated alkanes) is 1. The van der Waals surface area contributed by atoms with Gasteiger partial charge < -0.3 is 4.90 Å². The number of rotatable bonds is 5. The van der Waals surface area contributed by atoms with Crippen LogP contribution >= 0.6 is 0 Å². The first-order chi connectivity index (χ1) is 7.45. The van der Waals surface area contributed by atoms with E-state index in [-0.39, 0.29) is 0 Å². The van der Waals surface area contributed by atoms with Gasteiger partial charge >= 0.3 is 0 Å². The van der Waals surface area contributed by atoms with Crippen molar-refractivity contribution in [2.45, 2.75) is 32.1 Å². The Morgan fingerprint density at radius 3 is 2.40 bits per heavy atom. The van der Waals surface area contributed by atoms with E-state index >= 15 is 0 Å². The first kappa shape index (κ1) is 10.7. The SMILES string of the molecule is c1ccc(CCCCN2CCCC2)cc1. The van der Waals surface area contributed by atoms with E-state index < -0.39 is 0 Å². The second kappa shape index (κ2) is 5.92. The first-order valence-corrected chi connectivity index (χ1v) is 6.21. The maximum atomic E-state index is 2.60. The molecule has 1 heterocycles. The summed E-state index contributed by atoms with van der Waals surface area (Å²) in [5.74, 6) is 0. The van der Waals surface area contributed by atoms with E-state index in [0.717, 1.165) is 0 Å². The van der Waals surface area contributed by atoms with Crippen molar-refractivity contribution in [1.29, 1.82) is 0 Å². The molecule has 1 nitrogen and oxygen atoms in total. The van der Waals surface area contributed by atoms with Gasteiger partial charge in [0.15, 0.2) is 0 Å². The smallest absolute Gasteiger partial charge is 0.00183 e. The Bertz CT molecular complexity index is 262. The monoisotopic (exact) mass is 203 g/mol. The van der Waals surface area contributed by atoms with E-state index in [1.807, 2.05) is 0 Å². The van der Waals surface area contributed by atoms with Crippen LogP contribution in [0.4, 0.5) is 0 Å². The quantitative estimate of drug-likeness (QED) is 0.665. The molecule has 82 valence electrons. The van der Waals surface area contributed by atoms with Gasteiger partial charge in [0.2, 0.25) is 0 Å². The Hall–Kier alpha value is -0.820. The van der Waals surface area contributed by atoms with Gasteiger partial charge in [-0.3, -0.25) is 0 Å². The van der Waals surface area contributed by atoms with Crippen LogP contribution in [0.25, 0.3) is 0 Å². The third-order valence-corrected chi connectivity index (χ3v) is 3.23. The summed E-state index contributed by atoms with van der Waals surface area (Å²) in [6, 6.07) is 10.8. The second-order valence-electron chi connectivity index (χ2n) is 4.49. The molecule has 1 aromatic rings. The Morgan fingerprint density at radius 1 is 0.933 bits per heavy atom. The lowest BCUT2D eigenvalue weighted by Gasteiger charge is -2.13. The van der Waals surface area contributed by atoms with Gasteiger partial charge in [-0.1, -0.05) is 30.3 Å². The molecule has 0 aromatic heterocycles. The zero-order valence-electron chi connectivity index (χ0n) is 9.49. The molecule has 0 radical (unpaired) electrons. The van der Waals surface area contributed by atoms with E-state index in [1.165, 1.54) is 57.3 Å². The molecular formula is C14H21N. The van der Waals surface area contributed by atoms with Crippen molar-refractivity contribution in [3.05, 3.63) is 35.9 Å². The van der Waals surface area contributed by atoms with Crippen LogP contribution in [0.3, 0.4) is 0 Å². The molecular weight excluding hydrogens is 182 g/mol. The van der Waals surface area contributed by atoms with Gasteiger partial charge in [0.25, 0.3) is 0 Å². The number of hydrogen-bond acceptors (Lipinski definition) is 1. The van der Waals surface area contributed by atoms with Crippen molar-refractivity contribution in [3.8, 4) is 0 Å². The summed E-state index contributed by atoms with van der Waals surface area (Å²) in [5, 5.41) is 0. The van der Waals surface area contributed by atoms with Gasteiger partial charge in [-0.15, -0.1) is 0 Å². The highest BCUT2D eigenvalue weighted by atomic mass is 15.1. The number of likely N-dealkylation sites (tertiary alicyclic amines) is 1. The minimum absolute atomic E-state index is 1.24. The summed E-state index contributed by atoms with van der Waals surface area (Å²) in [6.45, 7) is 3.99. The van der Waals surface area contributed by atoms with Crippen LogP contribution in [0.15, 0.2) is 30.3 Å². The van der Waals surface area contributed by atoms with Crippen molar-refractivity contribution in [1.82, 2.24) is 4.90 Å². The van der Waals surface area contributed by atoms with E-state index in [2.05, 4.69) is 35.2 Å². The fourth-order valence-corrected chi connectivity index (χ4v) is 2.32. The summed E-state index contributed by atoms with van der Waals surface area (Å²) in [6.07, 6.45) is 6.77. The summed E-state index contributed by atoms with van der Waals surface area (Å²) >= 11 is 0. The third kappa shape index (κ3) is 3.67. The number of hydrogen-bond donors (Lipinski definition) is 0. The van der Waals surface area contributed by atoms with E-state index in [1.54, 1.807) is 0 Å². The van der Waals surface area contributed by atoms with Crippen molar-refractivity contribution in [3.63, 3.8) is 0 Å². The summed E-state index contributed by atoms with van der Waals surface area (Å²) < 4.78 is 0. The van der Waals surface area contributed by atoms with Crippen LogP contribution in [0, 0.1) is 0 Å². The molecule has 0 unspecified atom stereocenters. The Balaban J connectivity index is 1.59. The molecule has 1 heteroatoms. The largest absolute Gasteiger partial charge is 0.303 e. The fraction of sp³-hybridized carbons (Fsp3) is 0.571. The van der Waals surface area contributed by atoms with Gasteiger partial charge in [0.05, 0.1) is 0 Å². The number of benzene rings is 1. The molecule has 1 aliphatic heterocycles. The molecule has 1 aliphatic rings.